The van der Waals surface area contributed by atoms with Gasteiger partial charge in [0.05, 0.1) is 4.88 Å². The molecule has 2 N–H and O–H groups in total. The van der Waals surface area contributed by atoms with Crippen molar-refractivity contribution in [2.75, 3.05) is 11.5 Å². The highest BCUT2D eigenvalue weighted by molar-refractivity contribution is 8.01. The largest absolute Gasteiger partial charge is 0.594 e. The van der Waals surface area contributed by atoms with E-state index < -0.39 is 29.2 Å². The third-order valence-corrected chi connectivity index (χ3v) is 8.55. The Morgan fingerprint density at radius 1 is 1.38 bits per heavy atom. The summed E-state index contributed by atoms with van der Waals surface area (Å²) >= 11 is 3.81. The van der Waals surface area contributed by atoms with Crippen LogP contribution < -0.4 is 10.2 Å². The van der Waals surface area contributed by atoms with E-state index in [2.05, 4.69) is 10.4 Å². The molecule has 2 aromatic heterocycles. The molecule has 2 amide bonds. The summed E-state index contributed by atoms with van der Waals surface area (Å²) in [6.45, 7) is 0. The van der Waals surface area contributed by atoms with Crippen LogP contribution in [0.2, 0.25) is 0 Å². The number of thiophene rings is 1. The molecule has 10 nitrogen and oxygen atoms in total. The van der Waals surface area contributed by atoms with Crippen LogP contribution in [0.25, 0.3) is 0 Å². The molecule has 0 radical (unpaired) electrons. The number of rotatable bonds is 7. The van der Waals surface area contributed by atoms with Gasteiger partial charge in [-0.15, -0.1) is 23.1 Å². The highest BCUT2D eigenvalue weighted by Gasteiger charge is 2.54. The Balaban J connectivity index is 1.49. The zero-order chi connectivity index (χ0) is 22.8. The second kappa shape index (κ2) is 9.44. The highest BCUT2D eigenvalue weighted by Crippen LogP contribution is 2.41. The minimum Gasteiger partial charge on any atom is -0.594 e. The number of carboxylic acids is 1. The van der Waals surface area contributed by atoms with Crippen LogP contribution in [-0.4, -0.2) is 64.9 Å². The van der Waals surface area contributed by atoms with Gasteiger partial charge in [0.25, 0.3) is 11.8 Å². The van der Waals surface area contributed by atoms with Crippen molar-refractivity contribution in [1.82, 2.24) is 15.3 Å². The molecule has 2 aromatic rings. The minimum absolute atomic E-state index is 0.0379. The summed E-state index contributed by atoms with van der Waals surface area (Å²) in [4.78, 5) is 39.3. The van der Waals surface area contributed by atoms with E-state index in [4.69, 9.17) is 0 Å². The average molecular weight is 511 g/mol. The molecule has 4 heterocycles. The fourth-order valence-electron chi connectivity index (χ4n) is 3.20. The van der Waals surface area contributed by atoms with Gasteiger partial charge >= 0.3 is 5.97 Å². The number of fused-ring (bicyclic) bond motifs is 1. The molecule has 2 atom stereocenters. The number of thioether (sulfide) groups is 2. The fraction of sp³-hybridized carbons (Fsp3) is 0.222. The van der Waals surface area contributed by atoms with E-state index in [1.54, 1.807) is 23.6 Å². The third-order valence-electron chi connectivity index (χ3n) is 4.61. The fourth-order valence-corrected chi connectivity index (χ4v) is 6.74. The summed E-state index contributed by atoms with van der Waals surface area (Å²) in [6.07, 6.45) is 1.24. The van der Waals surface area contributed by atoms with Crippen LogP contribution >= 0.6 is 34.9 Å². The predicted molar refractivity (Wildman–Crippen MR) is 120 cm³/mol. The molecule has 0 spiro atoms. The Bertz CT molecular complexity index is 1180. The van der Waals surface area contributed by atoms with Crippen LogP contribution in [-0.2, 0) is 25.6 Å². The molecule has 0 aromatic carbocycles. The Morgan fingerprint density at radius 2 is 2.19 bits per heavy atom. The topological polar surface area (TPSA) is 144 Å². The normalized spacial score (nSPS) is 19.8. The van der Waals surface area contributed by atoms with E-state index in [9.17, 15) is 28.9 Å². The number of β-lactam (4-membered cyclic amide) rings is 1. The molecule has 2 aliphatic heterocycles. The molecular formula is C18H14N4O6S4. The molecule has 166 valence electrons. The van der Waals surface area contributed by atoms with Crippen LogP contribution in [0.15, 0.2) is 52.1 Å². The molecular weight excluding hydrogens is 496 g/mol. The van der Waals surface area contributed by atoms with Crippen molar-refractivity contribution in [3.05, 3.63) is 57.2 Å². The number of aliphatic carboxylic acids is 1. The number of carboxylic acid groups (broad SMARTS) is 1. The van der Waals surface area contributed by atoms with Crippen molar-refractivity contribution in [2.45, 2.75) is 16.4 Å². The quantitative estimate of drug-likeness (QED) is 0.132. The maximum Gasteiger partial charge on any atom is 0.352 e. The molecule has 0 aliphatic carbocycles. The molecule has 2 aliphatic rings. The van der Waals surface area contributed by atoms with Gasteiger partial charge in [-0.2, -0.15) is 0 Å². The van der Waals surface area contributed by atoms with E-state index in [-0.39, 0.29) is 27.6 Å². The lowest BCUT2D eigenvalue weighted by molar-refractivity contribution is -0.672. The van der Waals surface area contributed by atoms with E-state index in [1.807, 2.05) is 0 Å². The van der Waals surface area contributed by atoms with Gasteiger partial charge in [0.2, 0.25) is 6.20 Å². The summed E-state index contributed by atoms with van der Waals surface area (Å²) in [5.41, 5.74) is 0.397. The molecule has 1 saturated heterocycles. The van der Waals surface area contributed by atoms with Gasteiger partial charge in [-0.3, -0.25) is 14.5 Å². The lowest BCUT2D eigenvalue weighted by atomic mass is 10.0. The Hall–Kier alpha value is -2.68. The van der Waals surface area contributed by atoms with Gasteiger partial charge in [0.1, 0.15) is 33.2 Å². The number of nitrogens with one attached hydrogen (secondary N) is 1. The first-order valence-corrected chi connectivity index (χ1v) is 12.7. The average Bonchev–Trinajstić information content (AvgIpc) is 3.30. The SMILES string of the molecule is O=S=C(C(=O)NC1C(=O)N2C(C(=O)O)=C(CSc3ccc[n+]([O-])n3)CS[C@H]12)c1cccs1. The van der Waals surface area contributed by atoms with Gasteiger partial charge in [-0.25, -0.2) is 9.00 Å². The zero-order valence-corrected chi connectivity index (χ0v) is 19.3. The number of aromatic nitrogens is 2. The third kappa shape index (κ3) is 4.30. The first kappa shape index (κ1) is 22.5. The van der Waals surface area contributed by atoms with Crippen molar-refractivity contribution in [3.63, 3.8) is 0 Å². The highest BCUT2D eigenvalue weighted by atomic mass is 32.2. The van der Waals surface area contributed by atoms with Crippen LogP contribution in [0.1, 0.15) is 4.88 Å². The number of hydrogen-bond acceptors (Lipinski definition) is 9. The molecule has 14 heteroatoms. The van der Waals surface area contributed by atoms with Crippen LogP contribution in [0.4, 0.5) is 0 Å². The van der Waals surface area contributed by atoms with Crippen LogP contribution in [0.5, 0.6) is 0 Å². The van der Waals surface area contributed by atoms with Gasteiger partial charge in [-0.05, 0) is 23.1 Å². The maximum atomic E-state index is 12.8. The molecule has 0 saturated carbocycles. The van der Waals surface area contributed by atoms with E-state index in [0.29, 0.717) is 26.1 Å². The van der Waals surface area contributed by atoms with Crippen molar-refractivity contribution in [2.24, 2.45) is 0 Å². The lowest BCUT2D eigenvalue weighted by Crippen LogP contribution is -2.71. The van der Waals surface area contributed by atoms with Crippen LogP contribution in [0, 0.1) is 5.21 Å². The van der Waals surface area contributed by atoms with E-state index >= 15 is 0 Å². The monoisotopic (exact) mass is 510 g/mol. The summed E-state index contributed by atoms with van der Waals surface area (Å²) in [5.74, 6) is -1.88. The van der Waals surface area contributed by atoms with Gasteiger partial charge in [0, 0.05) is 22.7 Å². The summed E-state index contributed by atoms with van der Waals surface area (Å²) < 4.78 is 11.4. The number of carbonyl (C=O) groups is 3. The Labute approximate surface area is 197 Å². The standard InChI is InChI=1S/C18H14N4O6S4/c23-15(14(32-28)10-3-2-6-29-10)19-12-16(24)22-13(18(25)26)9(8-31-17(12)22)7-30-11-4-1-5-21(27)20-11/h1-6,12,17H,7-8H2,(H,19,23)(H,25,26)/t12?,17-/m1/s1. The number of carbonyl (C=O) groups excluding carboxylic acids is 2. The first-order chi connectivity index (χ1) is 15.4. The summed E-state index contributed by atoms with van der Waals surface area (Å²) in [5, 5.41) is 29.0. The number of hydrogen-bond donors (Lipinski definition) is 2. The Kier molecular flexibility index (Phi) is 6.64. The Morgan fingerprint density at radius 3 is 2.84 bits per heavy atom. The van der Waals surface area contributed by atoms with Crippen molar-refractivity contribution in [3.8, 4) is 0 Å². The van der Waals surface area contributed by atoms with Gasteiger partial charge in [0.15, 0.2) is 5.03 Å². The summed E-state index contributed by atoms with van der Waals surface area (Å²) in [6, 6.07) is 5.60. The maximum absolute atomic E-state index is 12.8. The molecule has 1 fully saturated rings. The zero-order valence-electron chi connectivity index (χ0n) is 16.0. The van der Waals surface area contributed by atoms with Gasteiger partial charge in [-0.1, -0.05) is 22.7 Å². The predicted octanol–water partition coefficient (Wildman–Crippen LogP) is 0.0409. The lowest BCUT2D eigenvalue weighted by Gasteiger charge is -2.49. The van der Waals surface area contributed by atoms with Crippen molar-refractivity contribution < 1.29 is 28.5 Å². The van der Waals surface area contributed by atoms with E-state index in [0.717, 1.165) is 0 Å². The molecule has 32 heavy (non-hydrogen) atoms. The second-order valence-corrected chi connectivity index (χ2v) is 10.2. The van der Waals surface area contributed by atoms with E-state index in [1.165, 1.54) is 52.0 Å². The molecule has 4 rings (SSSR count). The number of amides is 2. The molecule has 0 bridgehead atoms. The number of nitrogens with zero attached hydrogens (tertiary/aromatic N) is 3. The molecule has 1 unspecified atom stereocenters. The second-order valence-electron chi connectivity index (χ2n) is 6.55. The van der Waals surface area contributed by atoms with Crippen LogP contribution in [0.3, 0.4) is 0 Å². The van der Waals surface area contributed by atoms with Crippen molar-refractivity contribution in [1.29, 1.82) is 0 Å². The van der Waals surface area contributed by atoms with Gasteiger partial charge < -0.3 is 15.6 Å². The summed E-state index contributed by atoms with van der Waals surface area (Å²) in [7, 11) is 0. The first-order valence-electron chi connectivity index (χ1n) is 9.01. The minimum atomic E-state index is -1.25. The smallest absolute Gasteiger partial charge is 0.352 e. The van der Waals surface area contributed by atoms with Crippen molar-refractivity contribution >= 4 is 68.8 Å².